The van der Waals surface area contributed by atoms with Crippen molar-refractivity contribution < 1.29 is 8.78 Å². The lowest BCUT2D eigenvalue weighted by Crippen LogP contribution is -2.31. The van der Waals surface area contributed by atoms with Crippen LogP contribution in [0, 0.1) is 11.6 Å². The summed E-state index contributed by atoms with van der Waals surface area (Å²) in [5.41, 5.74) is 18.3. The summed E-state index contributed by atoms with van der Waals surface area (Å²) in [5, 5.41) is 2.50. The average Bonchev–Trinajstić information content (AvgIpc) is 3.97. The minimum atomic E-state index is -3.02. The van der Waals surface area contributed by atoms with E-state index in [1.807, 2.05) is 0 Å². The second kappa shape index (κ2) is 11.9. The predicted octanol–water partition coefficient (Wildman–Crippen LogP) is 12.4. The Bertz CT molecular complexity index is 3060. The third kappa shape index (κ3) is 4.01. The van der Waals surface area contributed by atoms with E-state index in [-0.39, 0.29) is 0 Å². The zero-order chi connectivity index (χ0) is 40.0. The highest BCUT2D eigenvalue weighted by Gasteiger charge is 2.53. The Hall–Kier alpha value is -6.86. The molecule has 0 atom stereocenters. The molecule has 3 heteroatoms. The van der Waals surface area contributed by atoms with Gasteiger partial charge in [0.25, 0.3) is 0 Å². The summed E-state index contributed by atoms with van der Waals surface area (Å²) in [7, 11) is 0. The monoisotopic (exact) mass is 788 g/mol. The van der Waals surface area contributed by atoms with Gasteiger partial charge in [-0.05, 0) is 136 Å². The molecule has 0 unspecified atom stereocenters. The van der Waals surface area contributed by atoms with E-state index in [4.69, 9.17) is 6.30 Å². The van der Waals surface area contributed by atoms with Crippen LogP contribution in [0.15, 0.2) is 200 Å². The SMILES string of the molecule is C=P(c1cc(F)cc(F)c1)(c1ccc2c(c1)C1(c3ccccc3-c3ccccc31)c1ccccc1-2)c1ccc2c(c1)C1(c3ccccc3-c3ccccc31)c1ccccc1-2. The van der Waals surface area contributed by atoms with Crippen LogP contribution in [0.2, 0.25) is 0 Å². The van der Waals surface area contributed by atoms with Crippen molar-refractivity contribution in [3.8, 4) is 44.5 Å². The van der Waals surface area contributed by atoms with Crippen molar-refractivity contribution in [3.63, 3.8) is 0 Å². The summed E-state index contributed by atoms with van der Waals surface area (Å²) < 4.78 is 31.4. The smallest absolute Gasteiger partial charge is 0.126 e. The van der Waals surface area contributed by atoms with E-state index in [2.05, 4.69) is 182 Å². The van der Waals surface area contributed by atoms with Gasteiger partial charge in [0.15, 0.2) is 0 Å². The molecular formula is C57H35F2P. The van der Waals surface area contributed by atoms with Crippen molar-refractivity contribution in [3.05, 3.63) is 256 Å². The van der Waals surface area contributed by atoms with Crippen LogP contribution in [0.3, 0.4) is 0 Å². The van der Waals surface area contributed by atoms with E-state index in [9.17, 15) is 0 Å². The van der Waals surface area contributed by atoms with E-state index in [1.54, 1.807) is 0 Å². The normalized spacial score (nSPS) is 14.8. The molecule has 4 aliphatic rings. The van der Waals surface area contributed by atoms with Gasteiger partial charge in [-0.1, -0.05) is 176 Å². The van der Waals surface area contributed by atoms with Crippen molar-refractivity contribution in [2.24, 2.45) is 0 Å². The number of hydrogen-bond donors (Lipinski definition) is 0. The maximum absolute atomic E-state index is 15.7. The number of benzene rings is 9. The second-order valence-corrected chi connectivity index (χ2v) is 19.8. The van der Waals surface area contributed by atoms with Crippen LogP contribution in [0.5, 0.6) is 0 Å². The molecule has 2 spiro atoms. The number of fused-ring (bicyclic) bond motifs is 20. The highest BCUT2D eigenvalue weighted by Crippen LogP contribution is 2.65. The van der Waals surface area contributed by atoms with E-state index in [1.165, 1.54) is 101 Å². The Morgan fingerprint density at radius 3 is 0.850 bits per heavy atom. The fourth-order valence-corrected chi connectivity index (χ4v) is 14.8. The molecule has 9 aromatic carbocycles. The van der Waals surface area contributed by atoms with Gasteiger partial charge in [0.05, 0.1) is 10.8 Å². The highest BCUT2D eigenvalue weighted by molar-refractivity contribution is 7.93. The van der Waals surface area contributed by atoms with Gasteiger partial charge in [-0.15, -0.1) is 0 Å². The number of halogens is 2. The molecule has 0 heterocycles. The zero-order valence-corrected chi connectivity index (χ0v) is 33.4. The lowest BCUT2D eigenvalue weighted by atomic mass is 9.70. The lowest BCUT2D eigenvalue weighted by Gasteiger charge is -2.34. The molecule has 0 bridgehead atoms. The van der Waals surface area contributed by atoms with E-state index < -0.39 is 29.4 Å². The van der Waals surface area contributed by atoms with Gasteiger partial charge in [-0.25, -0.2) is 8.78 Å². The van der Waals surface area contributed by atoms with Gasteiger partial charge in [0.2, 0.25) is 0 Å². The second-order valence-electron chi connectivity index (χ2n) is 16.7. The summed E-state index contributed by atoms with van der Waals surface area (Å²) in [4.78, 5) is 0. The summed E-state index contributed by atoms with van der Waals surface area (Å²) in [5.74, 6) is -1.21. The standard InChI is InChI=1S/C57H35F2P/c1-60(39-31-35(58)30-36(59)32-39,37-26-28-46-44-18-6-12-24-52(44)56(54(46)33-37)48-20-8-2-14-40(48)41-15-3-9-21-49(41)56)38-27-29-47-45-19-7-13-25-53(45)57(55(47)34-38)50-22-10-4-16-42(50)43-17-5-11-23-51(43)57/h2-34H,1H2. The molecule has 0 aromatic heterocycles. The van der Waals surface area contributed by atoms with Crippen LogP contribution in [0.4, 0.5) is 8.78 Å². The molecular weight excluding hydrogens is 754 g/mol. The summed E-state index contributed by atoms with van der Waals surface area (Å²) in [6.45, 7) is -3.02. The Labute approximate surface area is 348 Å². The minimum Gasteiger partial charge on any atom is -0.207 e. The van der Waals surface area contributed by atoms with Gasteiger partial charge in [0.1, 0.15) is 11.6 Å². The summed E-state index contributed by atoms with van der Waals surface area (Å²) >= 11 is 0. The van der Waals surface area contributed by atoms with Crippen LogP contribution in [0.1, 0.15) is 44.5 Å². The molecule has 0 aliphatic heterocycles. The van der Waals surface area contributed by atoms with Gasteiger partial charge in [-0.3, -0.25) is 0 Å². The zero-order valence-electron chi connectivity index (χ0n) is 32.5. The Balaban J connectivity index is 1.12. The average molecular weight is 789 g/mol. The first kappa shape index (κ1) is 34.0. The first-order valence-corrected chi connectivity index (χ1v) is 22.5. The molecule has 0 nitrogen and oxygen atoms in total. The third-order valence-corrected chi connectivity index (χ3v) is 17.6. The predicted molar refractivity (Wildman–Crippen MR) is 245 cm³/mol. The largest absolute Gasteiger partial charge is 0.207 e. The summed E-state index contributed by atoms with van der Waals surface area (Å²) in [6.07, 6.45) is 5.20. The van der Waals surface area contributed by atoms with Crippen LogP contribution >= 0.6 is 6.89 Å². The summed E-state index contributed by atoms with van der Waals surface area (Å²) in [6, 6.07) is 70.2. The van der Waals surface area contributed by atoms with E-state index in [0.717, 1.165) is 16.7 Å². The molecule has 0 saturated carbocycles. The molecule has 0 radical (unpaired) electrons. The van der Waals surface area contributed by atoms with Crippen LogP contribution in [-0.2, 0) is 10.8 Å². The molecule has 4 aliphatic carbocycles. The van der Waals surface area contributed by atoms with Crippen LogP contribution in [0.25, 0.3) is 44.5 Å². The van der Waals surface area contributed by atoms with E-state index in [0.29, 0.717) is 5.30 Å². The van der Waals surface area contributed by atoms with Crippen molar-refractivity contribution in [2.75, 3.05) is 0 Å². The minimum absolute atomic E-state index is 0.563. The third-order valence-electron chi connectivity index (χ3n) is 14.1. The van der Waals surface area contributed by atoms with Crippen molar-refractivity contribution in [1.82, 2.24) is 0 Å². The Kier molecular flexibility index (Phi) is 6.74. The lowest BCUT2D eigenvalue weighted by molar-refractivity contribution is 0.585. The topological polar surface area (TPSA) is 0 Å². The quantitative estimate of drug-likeness (QED) is 0.156. The van der Waals surface area contributed by atoms with Gasteiger partial charge in [0, 0.05) is 6.07 Å². The van der Waals surface area contributed by atoms with Crippen molar-refractivity contribution >= 4 is 29.1 Å². The first-order valence-electron chi connectivity index (χ1n) is 20.5. The van der Waals surface area contributed by atoms with Gasteiger partial charge < -0.3 is 0 Å². The fraction of sp³-hybridized carbons (Fsp3) is 0.0351. The van der Waals surface area contributed by atoms with Crippen molar-refractivity contribution in [2.45, 2.75) is 10.8 Å². The molecule has 13 rings (SSSR count). The molecule has 60 heavy (non-hydrogen) atoms. The molecule has 0 amide bonds. The molecule has 282 valence electrons. The Morgan fingerprint density at radius 1 is 0.283 bits per heavy atom. The number of rotatable bonds is 3. The van der Waals surface area contributed by atoms with Crippen LogP contribution < -0.4 is 15.9 Å². The Morgan fingerprint density at radius 2 is 0.550 bits per heavy atom. The number of hydrogen-bond acceptors (Lipinski definition) is 0. The molecule has 0 fully saturated rings. The molecule has 0 N–H and O–H groups in total. The molecule has 0 saturated heterocycles. The van der Waals surface area contributed by atoms with Gasteiger partial charge in [-0.2, -0.15) is 0 Å². The molecule has 9 aromatic rings. The van der Waals surface area contributed by atoms with Gasteiger partial charge >= 0.3 is 0 Å². The highest BCUT2D eigenvalue weighted by atomic mass is 31.2. The first-order chi connectivity index (χ1) is 29.4. The maximum atomic E-state index is 15.7. The fourth-order valence-electron chi connectivity index (χ4n) is 11.8. The van der Waals surface area contributed by atoms with Crippen LogP contribution in [-0.4, -0.2) is 6.30 Å². The van der Waals surface area contributed by atoms with E-state index >= 15 is 8.78 Å². The van der Waals surface area contributed by atoms with Crippen molar-refractivity contribution in [1.29, 1.82) is 0 Å². The maximum Gasteiger partial charge on any atom is 0.126 e.